The standard InChI is InChI=1S/C9H5BrOS2/c10-6-4-13-9-5(3-11)1-2-7(12)8(6)9/h1-4,12H. The fourth-order valence-electron chi connectivity index (χ4n) is 1.21. The van der Waals surface area contributed by atoms with E-state index in [4.69, 9.17) is 0 Å². The lowest BCUT2D eigenvalue weighted by Crippen LogP contribution is -1.79. The molecule has 0 aliphatic rings. The fraction of sp³-hybridized carbons (Fsp3) is 0. The molecule has 4 heteroatoms. The van der Waals surface area contributed by atoms with Crippen molar-refractivity contribution in [3.05, 3.63) is 27.5 Å². The van der Waals surface area contributed by atoms with Gasteiger partial charge in [-0.05, 0) is 28.1 Å². The molecule has 13 heavy (non-hydrogen) atoms. The van der Waals surface area contributed by atoms with E-state index in [1.807, 2.05) is 11.4 Å². The quantitative estimate of drug-likeness (QED) is 0.618. The fourth-order valence-corrected chi connectivity index (χ4v) is 3.50. The molecule has 1 aromatic carbocycles. The van der Waals surface area contributed by atoms with Crippen molar-refractivity contribution in [2.45, 2.75) is 4.90 Å². The largest absolute Gasteiger partial charge is 0.298 e. The number of halogens is 1. The maximum Gasteiger partial charge on any atom is 0.151 e. The van der Waals surface area contributed by atoms with Crippen molar-refractivity contribution in [3.8, 4) is 0 Å². The summed E-state index contributed by atoms with van der Waals surface area (Å²) in [5.74, 6) is 0. The molecule has 0 aliphatic carbocycles. The molecule has 0 bridgehead atoms. The summed E-state index contributed by atoms with van der Waals surface area (Å²) in [7, 11) is 0. The first kappa shape index (κ1) is 9.24. The lowest BCUT2D eigenvalue weighted by Gasteiger charge is -1.97. The lowest BCUT2D eigenvalue weighted by molar-refractivity contribution is 0.112. The highest BCUT2D eigenvalue weighted by Crippen LogP contribution is 2.36. The number of fused-ring (bicyclic) bond motifs is 1. The van der Waals surface area contributed by atoms with Gasteiger partial charge in [-0.3, -0.25) is 4.79 Å². The van der Waals surface area contributed by atoms with Crippen LogP contribution in [0.4, 0.5) is 0 Å². The van der Waals surface area contributed by atoms with Crippen molar-refractivity contribution >= 4 is 56.3 Å². The Balaban J connectivity index is 2.95. The molecule has 1 nitrogen and oxygen atoms in total. The summed E-state index contributed by atoms with van der Waals surface area (Å²) in [5, 5.41) is 3.00. The molecule has 0 N–H and O–H groups in total. The first-order chi connectivity index (χ1) is 6.24. The molecule has 2 aromatic rings. The van der Waals surface area contributed by atoms with Crippen LogP contribution in [0.25, 0.3) is 10.1 Å². The van der Waals surface area contributed by atoms with E-state index in [2.05, 4.69) is 28.6 Å². The van der Waals surface area contributed by atoms with Crippen LogP contribution in [-0.2, 0) is 0 Å². The van der Waals surface area contributed by atoms with E-state index < -0.39 is 0 Å². The van der Waals surface area contributed by atoms with E-state index in [9.17, 15) is 4.79 Å². The van der Waals surface area contributed by atoms with Crippen LogP contribution in [0, 0.1) is 0 Å². The highest BCUT2D eigenvalue weighted by atomic mass is 79.9. The van der Waals surface area contributed by atoms with Gasteiger partial charge in [0.05, 0.1) is 0 Å². The summed E-state index contributed by atoms with van der Waals surface area (Å²) in [6, 6.07) is 3.63. The van der Waals surface area contributed by atoms with Crippen molar-refractivity contribution in [1.29, 1.82) is 0 Å². The Hall–Kier alpha value is -0.320. The van der Waals surface area contributed by atoms with Gasteiger partial charge in [-0.15, -0.1) is 24.0 Å². The van der Waals surface area contributed by atoms with Crippen molar-refractivity contribution in [3.63, 3.8) is 0 Å². The lowest BCUT2D eigenvalue weighted by atomic mass is 10.2. The molecule has 1 aromatic heterocycles. The van der Waals surface area contributed by atoms with Gasteiger partial charge in [0, 0.05) is 30.4 Å². The average Bonchev–Trinajstić information content (AvgIpc) is 2.50. The van der Waals surface area contributed by atoms with Gasteiger partial charge < -0.3 is 0 Å². The molecule has 0 spiro atoms. The van der Waals surface area contributed by atoms with Gasteiger partial charge in [-0.1, -0.05) is 0 Å². The number of rotatable bonds is 1. The molecule has 0 amide bonds. The number of thiophene rings is 1. The van der Waals surface area contributed by atoms with E-state index in [0.29, 0.717) is 0 Å². The zero-order chi connectivity index (χ0) is 9.42. The molecule has 0 saturated heterocycles. The molecular weight excluding hydrogens is 268 g/mol. The predicted octanol–water partition coefficient (Wildman–Crippen LogP) is 3.77. The van der Waals surface area contributed by atoms with E-state index in [1.54, 1.807) is 17.4 Å². The second-order valence-electron chi connectivity index (χ2n) is 2.58. The van der Waals surface area contributed by atoms with E-state index in [1.165, 1.54) is 0 Å². The first-order valence-corrected chi connectivity index (χ1v) is 5.70. The highest BCUT2D eigenvalue weighted by molar-refractivity contribution is 9.10. The summed E-state index contributed by atoms with van der Waals surface area (Å²) in [6.07, 6.45) is 0.874. The van der Waals surface area contributed by atoms with E-state index >= 15 is 0 Å². The van der Waals surface area contributed by atoms with Crippen LogP contribution in [0.2, 0.25) is 0 Å². The molecule has 66 valence electrons. The predicted molar refractivity (Wildman–Crippen MR) is 62.2 cm³/mol. The zero-order valence-electron chi connectivity index (χ0n) is 6.45. The number of aldehydes is 1. The molecule has 0 fully saturated rings. The Kier molecular flexibility index (Phi) is 2.45. The van der Waals surface area contributed by atoms with E-state index in [-0.39, 0.29) is 0 Å². The van der Waals surface area contributed by atoms with Crippen molar-refractivity contribution in [1.82, 2.24) is 0 Å². The number of benzene rings is 1. The monoisotopic (exact) mass is 272 g/mol. The van der Waals surface area contributed by atoms with Gasteiger partial charge in [0.25, 0.3) is 0 Å². The SMILES string of the molecule is O=Cc1ccc(S)c2c(Br)csc12. The number of thiol groups is 1. The molecule has 2 rings (SSSR count). The summed E-state index contributed by atoms with van der Waals surface area (Å²) in [5.41, 5.74) is 0.725. The molecule has 0 saturated carbocycles. The first-order valence-electron chi connectivity index (χ1n) is 3.58. The summed E-state index contributed by atoms with van der Waals surface area (Å²) >= 11 is 9.31. The van der Waals surface area contributed by atoms with Crippen LogP contribution >= 0.6 is 39.9 Å². The Labute approximate surface area is 93.3 Å². The minimum Gasteiger partial charge on any atom is -0.298 e. The van der Waals surface area contributed by atoms with E-state index in [0.717, 1.165) is 31.3 Å². The number of hydrogen-bond donors (Lipinski definition) is 1. The van der Waals surface area contributed by atoms with Crippen LogP contribution < -0.4 is 0 Å². The molecule has 0 unspecified atom stereocenters. The third-order valence-corrected chi connectivity index (χ3v) is 4.14. The summed E-state index contributed by atoms with van der Waals surface area (Å²) in [4.78, 5) is 11.6. The second-order valence-corrected chi connectivity index (χ2v) is 4.80. The minimum atomic E-state index is 0.725. The van der Waals surface area contributed by atoms with Gasteiger partial charge in [0.2, 0.25) is 0 Å². The maximum absolute atomic E-state index is 10.7. The Morgan fingerprint density at radius 3 is 2.92 bits per heavy atom. The molecule has 0 atom stereocenters. The third-order valence-electron chi connectivity index (χ3n) is 1.81. The number of carbonyl (C=O) groups excluding carboxylic acids is 1. The maximum atomic E-state index is 10.7. The normalized spacial score (nSPS) is 10.6. The molecule has 0 aliphatic heterocycles. The highest BCUT2D eigenvalue weighted by Gasteiger charge is 2.08. The van der Waals surface area contributed by atoms with Gasteiger partial charge in [0.15, 0.2) is 6.29 Å². The third kappa shape index (κ3) is 1.43. The topological polar surface area (TPSA) is 17.1 Å². The Bertz CT molecular complexity index is 476. The van der Waals surface area contributed by atoms with Crippen LogP contribution in [0.15, 0.2) is 26.9 Å². The zero-order valence-corrected chi connectivity index (χ0v) is 9.75. The Morgan fingerprint density at radius 2 is 2.23 bits per heavy atom. The second kappa shape index (κ2) is 3.44. The van der Waals surface area contributed by atoms with Crippen molar-refractivity contribution in [2.24, 2.45) is 0 Å². The minimum absolute atomic E-state index is 0.725. The van der Waals surface area contributed by atoms with Crippen LogP contribution in [0.5, 0.6) is 0 Å². The molecule has 1 heterocycles. The summed E-state index contributed by atoms with van der Waals surface area (Å²) in [6.45, 7) is 0. The average molecular weight is 273 g/mol. The van der Waals surface area contributed by atoms with Crippen molar-refractivity contribution < 1.29 is 4.79 Å². The van der Waals surface area contributed by atoms with Crippen LogP contribution in [0.1, 0.15) is 10.4 Å². The summed E-state index contributed by atoms with van der Waals surface area (Å²) < 4.78 is 2.00. The Morgan fingerprint density at radius 1 is 1.46 bits per heavy atom. The molecular formula is C9H5BrOS2. The van der Waals surface area contributed by atoms with Gasteiger partial charge in [0.1, 0.15) is 0 Å². The van der Waals surface area contributed by atoms with Crippen molar-refractivity contribution in [2.75, 3.05) is 0 Å². The van der Waals surface area contributed by atoms with Gasteiger partial charge in [-0.25, -0.2) is 0 Å². The smallest absolute Gasteiger partial charge is 0.151 e. The van der Waals surface area contributed by atoms with Gasteiger partial charge >= 0.3 is 0 Å². The number of hydrogen-bond acceptors (Lipinski definition) is 3. The molecule has 0 radical (unpaired) electrons. The van der Waals surface area contributed by atoms with Gasteiger partial charge in [-0.2, -0.15) is 0 Å². The van der Waals surface area contributed by atoms with Crippen LogP contribution in [-0.4, -0.2) is 6.29 Å². The number of carbonyl (C=O) groups is 1. The van der Waals surface area contributed by atoms with Crippen LogP contribution in [0.3, 0.4) is 0 Å².